The van der Waals surface area contributed by atoms with Gasteiger partial charge in [-0.05, 0) is 51.2 Å². The summed E-state index contributed by atoms with van der Waals surface area (Å²) in [4.78, 5) is 23.5. The van der Waals surface area contributed by atoms with Crippen molar-refractivity contribution < 1.29 is 19.4 Å². The number of allylic oxidation sites excluding steroid dienone is 11. The van der Waals surface area contributed by atoms with Gasteiger partial charge in [0.2, 0.25) is 0 Å². The molecule has 0 saturated heterocycles. The number of hydrogen-bond acceptors (Lipinski definition) is 3. The number of carboxylic acid groups (broad SMARTS) is 1. The maximum absolute atomic E-state index is 11.9. The third-order valence-corrected chi connectivity index (χ3v) is 5.14. The standard InChI is InChI=1S/C31H40O4/c1-4-5-6-7-8-9-10-11-17-22-28(32)23-18-12-13-19-24-29(25-31(2,3)30(33)34)35-26-27-20-15-14-16-21-27/h5-6,8-9,11-21,23-24,29H,4,7,10,22,25-26H2,1-3H3,(H,33,34)/b6-5-,9-8-,13-12+,17-11-,23-18+,24-19+. The second-order valence-electron chi connectivity index (χ2n) is 8.82. The zero-order chi connectivity index (χ0) is 25.8. The molecule has 1 aromatic rings. The predicted molar refractivity (Wildman–Crippen MR) is 145 cm³/mol. The molecule has 0 aliphatic heterocycles. The van der Waals surface area contributed by atoms with E-state index in [-0.39, 0.29) is 11.9 Å². The van der Waals surface area contributed by atoms with Crippen molar-refractivity contribution in [2.45, 2.75) is 65.6 Å². The van der Waals surface area contributed by atoms with E-state index in [9.17, 15) is 14.7 Å². The van der Waals surface area contributed by atoms with E-state index < -0.39 is 11.4 Å². The Kier molecular flexibility index (Phi) is 15.4. The highest BCUT2D eigenvalue weighted by molar-refractivity contribution is 5.90. The van der Waals surface area contributed by atoms with Crippen LogP contribution in [-0.4, -0.2) is 23.0 Å². The number of carbonyl (C=O) groups excluding carboxylic acids is 1. The lowest BCUT2D eigenvalue weighted by molar-refractivity contribution is -0.148. The van der Waals surface area contributed by atoms with Gasteiger partial charge in [-0.15, -0.1) is 0 Å². The lowest BCUT2D eigenvalue weighted by Crippen LogP contribution is -2.29. The molecule has 188 valence electrons. The van der Waals surface area contributed by atoms with Crippen LogP contribution in [0.1, 0.15) is 58.4 Å². The zero-order valence-electron chi connectivity index (χ0n) is 21.3. The van der Waals surface area contributed by atoms with E-state index in [0.29, 0.717) is 19.4 Å². The summed E-state index contributed by atoms with van der Waals surface area (Å²) in [6.45, 7) is 5.91. The first-order chi connectivity index (χ1) is 16.8. The Morgan fingerprint density at radius 3 is 2.20 bits per heavy atom. The van der Waals surface area contributed by atoms with Crippen molar-refractivity contribution in [2.24, 2.45) is 5.41 Å². The van der Waals surface area contributed by atoms with Crippen LogP contribution in [0.4, 0.5) is 0 Å². The third kappa shape index (κ3) is 15.3. The van der Waals surface area contributed by atoms with Gasteiger partial charge in [0.25, 0.3) is 0 Å². The van der Waals surface area contributed by atoms with Crippen LogP contribution in [0.5, 0.6) is 0 Å². The highest BCUT2D eigenvalue weighted by atomic mass is 16.5. The number of aliphatic carboxylic acids is 1. The van der Waals surface area contributed by atoms with Crippen LogP contribution in [0.3, 0.4) is 0 Å². The monoisotopic (exact) mass is 476 g/mol. The molecule has 0 aromatic heterocycles. The fraction of sp³-hybridized carbons (Fsp3) is 0.355. The van der Waals surface area contributed by atoms with Crippen LogP contribution in [0.2, 0.25) is 0 Å². The summed E-state index contributed by atoms with van der Waals surface area (Å²) in [5.41, 5.74) is 0.127. The summed E-state index contributed by atoms with van der Waals surface area (Å²) < 4.78 is 5.98. The molecule has 1 atom stereocenters. The minimum atomic E-state index is -0.906. The van der Waals surface area contributed by atoms with Crippen molar-refractivity contribution in [1.82, 2.24) is 0 Å². The molecule has 0 bridgehead atoms. The molecular weight excluding hydrogens is 436 g/mol. The lowest BCUT2D eigenvalue weighted by atomic mass is 9.86. The number of carbonyl (C=O) groups is 2. The van der Waals surface area contributed by atoms with Crippen molar-refractivity contribution in [1.29, 1.82) is 0 Å². The van der Waals surface area contributed by atoms with Gasteiger partial charge >= 0.3 is 5.97 Å². The lowest BCUT2D eigenvalue weighted by Gasteiger charge is -2.24. The van der Waals surface area contributed by atoms with Gasteiger partial charge in [-0.25, -0.2) is 0 Å². The number of benzene rings is 1. The summed E-state index contributed by atoms with van der Waals surface area (Å²) in [7, 11) is 0. The van der Waals surface area contributed by atoms with Gasteiger partial charge in [-0.1, -0.05) is 104 Å². The van der Waals surface area contributed by atoms with Gasteiger partial charge in [0, 0.05) is 6.42 Å². The van der Waals surface area contributed by atoms with Gasteiger partial charge in [-0.2, -0.15) is 0 Å². The van der Waals surface area contributed by atoms with E-state index in [0.717, 1.165) is 24.8 Å². The molecule has 0 radical (unpaired) electrons. The maximum atomic E-state index is 11.9. The number of carboxylic acids is 1. The number of ether oxygens (including phenoxy) is 1. The highest BCUT2D eigenvalue weighted by Crippen LogP contribution is 2.25. The van der Waals surface area contributed by atoms with Crippen molar-refractivity contribution in [2.75, 3.05) is 0 Å². The molecule has 0 amide bonds. The van der Waals surface area contributed by atoms with Crippen LogP contribution < -0.4 is 0 Å². The summed E-state index contributed by atoms with van der Waals surface area (Å²) in [6.07, 6.45) is 26.1. The van der Waals surface area contributed by atoms with Gasteiger partial charge in [0.05, 0.1) is 18.1 Å². The second kappa shape index (κ2) is 18.1. The summed E-state index contributed by atoms with van der Waals surface area (Å²) in [5, 5.41) is 9.47. The molecule has 4 nitrogen and oxygen atoms in total. The summed E-state index contributed by atoms with van der Waals surface area (Å²) in [6, 6.07) is 9.79. The van der Waals surface area contributed by atoms with E-state index in [2.05, 4.69) is 31.2 Å². The molecule has 0 fully saturated rings. The molecule has 1 N–H and O–H groups in total. The second-order valence-corrected chi connectivity index (χ2v) is 8.82. The van der Waals surface area contributed by atoms with Crippen LogP contribution in [0, 0.1) is 5.41 Å². The van der Waals surface area contributed by atoms with Gasteiger partial charge in [-0.3, -0.25) is 9.59 Å². The highest BCUT2D eigenvalue weighted by Gasteiger charge is 2.30. The summed E-state index contributed by atoms with van der Waals surface area (Å²) in [5.74, 6) is -0.817. The van der Waals surface area contributed by atoms with E-state index in [1.165, 1.54) is 0 Å². The van der Waals surface area contributed by atoms with Crippen LogP contribution >= 0.6 is 0 Å². The van der Waals surface area contributed by atoms with E-state index >= 15 is 0 Å². The first-order valence-corrected chi connectivity index (χ1v) is 12.2. The molecule has 1 rings (SSSR count). The van der Waals surface area contributed by atoms with Crippen molar-refractivity contribution >= 4 is 11.8 Å². The van der Waals surface area contributed by atoms with Crippen molar-refractivity contribution in [3.63, 3.8) is 0 Å². The Labute approximate surface area is 211 Å². The number of hydrogen-bond donors (Lipinski definition) is 1. The molecule has 35 heavy (non-hydrogen) atoms. The Bertz CT molecular complexity index is 915. The van der Waals surface area contributed by atoms with Gasteiger partial charge in [0.15, 0.2) is 5.78 Å². The zero-order valence-corrected chi connectivity index (χ0v) is 21.3. The molecule has 1 aromatic carbocycles. The molecule has 0 heterocycles. The topological polar surface area (TPSA) is 63.6 Å². The fourth-order valence-electron chi connectivity index (χ4n) is 3.01. The molecule has 1 unspecified atom stereocenters. The average molecular weight is 477 g/mol. The average Bonchev–Trinajstić information content (AvgIpc) is 2.83. The molecule has 0 saturated carbocycles. The Balaban J connectivity index is 2.49. The van der Waals surface area contributed by atoms with Crippen LogP contribution in [-0.2, 0) is 20.9 Å². The number of rotatable bonds is 17. The van der Waals surface area contributed by atoms with E-state index in [1.807, 2.05) is 60.7 Å². The van der Waals surface area contributed by atoms with E-state index in [1.54, 1.807) is 32.1 Å². The first kappa shape index (κ1) is 29.8. The van der Waals surface area contributed by atoms with Crippen molar-refractivity contribution in [3.05, 3.63) is 109 Å². The van der Waals surface area contributed by atoms with Gasteiger partial charge in [0.1, 0.15) is 0 Å². The maximum Gasteiger partial charge on any atom is 0.309 e. The van der Waals surface area contributed by atoms with Crippen molar-refractivity contribution in [3.8, 4) is 0 Å². The smallest absolute Gasteiger partial charge is 0.309 e. The predicted octanol–water partition coefficient (Wildman–Crippen LogP) is 7.56. The quantitative estimate of drug-likeness (QED) is 0.143. The molecular formula is C31H40O4. The molecule has 0 aliphatic rings. The first-order valence-electron chi connectivity index (χ1n) is 12.2. The van der Waals surface area contributed by atoms with Crippen LogP contribution in [0.15, 0.2) is 103 Å². The summed E-state index contributed by atoms with van der Waals surface area (Å²) >= 11 is 0. The SMILES string of the molecule is CC/C=C\C/C=C\C/C=C\CC(=O)/C=C/C=C/C=C/C(CC(C)(C)C(=O)O)OCc1ccccc1. The third-order valence-electron chi connectivity index (χ3n) is 5.14. The molecule has 0 spiro atoms. The fourth-order valence-corrected chi connectivity index (χ4v) is 3.01. The molecule has 4 heteroatoms. The van der Waals surface area contributed by atoms with E-state index in [4.69, 9.17) is 4.74 Å². The van der Waals surface area contributed by atoms with Gasteiger partial charge < -0.3 is 9.84 Å². The number of ketones is 1. The molecule has 0 aliphatic carbocycles. The van der Waals surface area contributed by atoms with Crippen LogP contribution in [0.25, 0.3) is 0 Å². The Morgan fingerprint density at radius 2 is 1.54 bits per heavy atom. The minimum Gasteiger partial charge on any atom is -0.481 e. The largest absolute Gasteiger partial charge is 0.481 e. The normalized spacial score (nSPS) is 13.9. The Morgan fingerprint density at radius 1 is 0.914 bits per heavy atom. The minimum absolute atomic E-state index is 0.0389. The Hall–Kier alpha value is -3.24.